The van der Waals surface area contributed by atoms with Gasteiger partial charge in [-0.15, -0.1) is 0 Å². The molecular formula is C14H20ClFN2O2S. The zero-order chi connectivity index (χ0) is 15.6. The normalized spacial score (nSPS) is 17.4. The topological polar surface area (TPSA) is 63.4 Å². The van der Waals surface area contributed by atoms with Crippen LogP contribution in [0.1, 0.15) is 37.7 Å². The second-order valence-corrected chi connectivity index (χ2v) is 7.77. The number of hydrogen-bond donors (Lipinski definition) is 1. The Bertz CT molecular complexity index is 616. The van der Waals surface area contributed by atoms with Gasteiger partial charge in [0, 0.05) is 19.6 Å². The van der Waals surface area contributed by atoms with Crippen LogP contribution in [0.15, 0.2) is 17.0 Å². The van der Waals surface area contributed by atoms with Gasteiger partial charge in [-0.1, -0.05) is 30.9 Å². The van der Waals surface area contributed by atoms with Gasteiger partial charge in [-0.05, 0) is 30.5 Å². The molecule has 21 heavy (non-hydrogen) atoms. The lowest BCUT2D eigenvalue weighted by Gasteiger charge is -2.30. The predicted molar refractivity (Wildman–Crippen MR) is 81.1 cm³/mol. The molecule has 1 aromatic carbocycles. The van der Waals surface area contributed by atoms with Gasteiger partial charge in [-0.2, -0.15) is 4.31 Å². The Kier molecular flexibility index (Phi) is 5.24. The largest absolute Gasteiger partial charge is 0.326 e. The van der Waals surface area contributed by atoms with Crippen LogP contribution in [0.3, 0.4) is 0 Å². The van der Waals surface area contributed by atoms with Crippen LogP contribution in [-0.2, 0) is 16.6 Å². The molecule has 4 nitrogen and oxygen atoms in total. The summed E-state index contributed by atoms with van der Waals surface area (Å²) < 4.78 is 40.4. The number of rotatable bonds is 4. The van der Waals surface area contributed by atoms with E-state index in [4.69, 9.17) is 17.3 Å². The second kappa shape index (κ2) is 6.60. The molecule has 0 spiro atoms. The maximum absolute atomic E-state index is 13.8. The van der Waals surface area contributed by atoms with E-state index in [0.29, 0.717) is 5.56 Å². The van der Waals surface area contributed by atoms with Gasteiger partial charge in [0.15, 0.2) is 0 Å². The number of nitrogens with two attached hydrogens (primary N) is 1. The molecule has 0 saturated heterocycles. The predicted octanol–water partition coefficient (Wildman–Crippen LogP) is 2.89. The van der Waals surface area contributed by atoms with E-state index in [9.17, 15) is 12.8 Å². The monoisotopic (exact) mass is 334 g/mol. The van der Waals surface area contributed by atoms with Gasteiger partial charge in [-0.25, -0.2) is 12.8 Å². The molecule has 2 rings (SSSR count). The van der Waals surface area contributed by atoms with Crippen LogP contribution in [0.5, 0.6) is 0 Å². The van der Waals surface area contributed by atoms with Crippen molar-refractivity contribution in [2.75, 3.05) is 7.05 Å². The zero-order valence-electron chi connectivity index (χ0n) is 12.0. The Labute approximate surface area is 130 Å². The Hall–Kier alpha value is -0.690. The summed E-state index contributed by atoms with van der Waals surface area (Å²) in [5, 5.41) is -0.114. The first-order valence-electron chi connectivity index (χ1n) is 7.04. The summed E-state index contributed by atoms with van der Waals surface area (Å²) in [6.07, 6.45) is 4.86. The van der Waals surface area contributed by atoms with Crippen LogP contribution < -0.4 is 5.73 Å². The molecule has 7 heteroatoms. The third kappa shape index (κ3) is 3.39. The molecule has 1 aliphatic rings. The molecular weight excluding hydrogens is 315 g/mol. The molecule has 0 aliphatic heterocycles. The number of hydrogen-bond acceptors (Lipinski definition) is 3. The number of sulfonamides is 1. The van der Waals surface area contributed by atoms with E-state index in [-0.39, 0.29) is 22.5 Å². The highest BCUT2D eigenvalue weighted by Gasteiger charge is 2.30. The molecule has 1 aliphatic carbocycles. The minimum absolute atomic E-state index is 0.00768. The van der Waals surface area contributed by atoms with Crippen LogP contribution in [0.2, 0.25) is 5.02 Å². The summed E-state index contributed by atoms with van der Waals surface area (Å²) in [5.41, 5.74) is 5.79. The first-order valence-corrected chi connectivity index (χ1v) is 8.85. The molecule has 0 heterocycles. The van der Waals surface area contributed by atoms with E-state index in [2.05, 4.69) is 0 Å². The lowest BCUT2D eigenvalue weighted by atomic mass is 9.96. The minimum Gasteiger partial charge on any atom is -0.326 e. The first kappa shape index (κ1) is 16.7. The van der Waals surface area contributed by atoms with Gasteiger partial charge in [0.2, 0.25) is 10.0 Å². The van der Waals surface area contributed by atoms with Gasteiger partial charge in [-0.3, -0.25) is 0 Å². The summed E-state index contributed by atoms with van der Waals surface area (Å²) in [7, 11) is -2.18. The van der Waals surface area contributed by atoms with E-state index >= 15 is 0 Å². The third-order valence-electron chi connectivity index (χ3n) is 4.06. The number of benzene rings is 1. The van der Waals surface area contributed by atoms with Crippen LogP contribution >= 0.6 is 11.6 Å². The van der Waals surface area contributed by atoms with Crippen LogP contribution in [0, 0.1) is 5.82 Å². The number of halogens is 2. The highest BCUT2D eigenvalue weighted by atomic mass is 35.5. The van der Waals surface area contributed by atoms with Crippen molar-refractivity contribution in [2.45, 2.75) is 49.6 Å². The first-order chi connectivity index (χ1) is 9.87. The van der Waals surface area contributed by atoms with Crippen molar-refractivity contribution in [3.63, 3.8) is 0 Å². The summed E-state index contributed by atoms with van der Waals surface area (Å²) >= 11 is 5.78. The van der Waals surface area contributed by atoms with E-state index in [1.807, 2.05) is 0 Å². The molecule has 0 aromatic heterocycles. The summed E-state index contributed by atoms with van der Waals surface area (Å²) in [5.74, 6) is -0.754. The van der Waals surface area contributed by atoms with Gasteiger partial charge in [0.25, 0.3) is 0 Å². The highest BCUT2D eigenvalue weighted by molar-refractivity contribution is 7.89. The van der Waals surface area contributed by atoms with Crippen LogP contribution in [-0.4, -0.2) is 25.8 Å². The standard InChI is InChI=1S/C14H20ClFN2O2S/c1-18(11-5-3-2-4-6-11)21(19,20)12-7-10(9-17)14(15)13(16)8-12/h7-8,11H,2-6,9,17H2,1H3. The van der Waals surface area contributed by atoms with Gasteiger partial charge >= 0.3 is 0 Å². The van der Waals surface area contributed by atoms with Crippen molar-refractivity contribution in [1.82, 2.24) is 4.31 Å². The molecule has 0 radical (unpaired) electrons. The number of nitrogens with zero attached hydrogens (tertiary/aromatic N) is 1. The van der Waals surface area contributed by atoms with Gasteiger partial charge in [0.1, 0.15) is 5.82 Å². The molecule has 1 saturated carbocycles. The molecule has 1 aromatic rings. The average molecular weight is 335 g/mol. The van der Waals surface area contributed by atoms with Crippen molar-refractivity contribution in [3.8, 4) is 0 Å². The van der Waals surface area contributed by atoms with Crippen molar-refractivity contribution in [1.29, 1.82) is 0 Å². The highest BCUT2D eigenvalue weighted by Crippen LogP contribution is 2.29. The fourth-order valence-corrected chi connectivity index (χ4v) is 4.39. The molecule has 1 fully saturated rings. The molecule has 2 N–H and O–H groups in total. The Morgan fingerprint density at radius 1 is 1.33 bits per heavy atom. The second-order valence-electron chi connectivity index (χ2n) is 5.40. The fraction of sp³-hybridized carbons (Fsp3) is 0.571. The zero-order valence-corrected chi connectivity index (χ0v) is 13.6. The Balaban J connectivity index is 2.36. The van der Waals surface area contributed by atoms with E-state index < -0.39 is 15.8 Å². The van der Waals surface area contributed by atoms with Crippen LogP contribution in [0.4, 0.5) is 4.39 Å². The summed E-state index contributed by atoms with van der Waals surface area (Å²) in [6, 6.07) is 2.31. The SMILES string of the molecule is CN(C1CCCCC1)S(=O)(=O)c1cc(F)c(Cl)c(CN)c1. The quantitative estimate of drug-likeness (QED) is 0.920. The molecule has 0 amide bonds. The van der Waals surface area contributed by atoms with Crippen LogP contribution in [0.25, 0.3) is 0 Å². The maximum Gasteiger partial charge on any atom is 0.243 e. The maximum atomic E-state index is 13.8. The van der Waals surface area contributed by atoms with E-state index in [1.54, 1.807) is 7.05 Å². The molecule has 118 valence electrons. The van der Waals surface area contributed by atoms with Crippen molar-refractivity contribution in [3.05, 3.63) is 28.5 Å². The van der Waals surface area contributed by atoms with Gasteiger partial charge in [0.05, 0.1) is 9.92 Å². The van der Waals surface area contributed by atoms with Crippen molar-refractivity contribution < 1.29 is 12.8 Å². The molecule has 0 atom stereocenters. The smallest absolute Gasteiger partial charge is 0.243 e. The summed E-state index contributed by atoms with van der Waals surface area (Å²) in [6.45, 7) is -0.00768. The lowest BCUT2D eigenvalue weighted by Crippen LogP contribution is -2.38. The Morgan fingerprint density at radius 3 is 2.52 bits per heavy atom. The third-order valence-corrected chi connectivity index (χ3v) is 6.37. The lowest BCUT2D eigenvalue weighted by molar-refractivity contribution is 0.285. The Morgan fingerprint density at radius 2 is 1.95 bits per heavy atom. The average Bonchev–Trinajstić information content (AvgIpc) is 2.49. The van der Waals surface area contributed by atoms with Crippen molar-refractivity contribution >= 4 is 21.6 Å². The van der Waals surface area contributed by atoms with E-state index in [0.717, 1.165) is 38.2 Å². The molecule has 0 unspecified atom stereocenters. The van der Waals surface area contributed by atoms with Crippen molar-refractivity contribution in [2.24, 2.45) is 5.73 Å². The van der Waals surface area contributed by atoms with E-state index in [1.165, 1.54) is 10.4 Å². The van der Waals surface area contributed by atoms with Gasteiger partial charge < -0.3 is 5.73 Å². The fourth-order valence-electron chi connectivity index (χ4n) is 2.72. The minimum atomic E-state index is -3.73. The summed E-state index contributed by atoms with van der Waals surface area (Å²) in [4.78, 5) is -0.0853. The molecule has 0 bridgehead atoms.